The molecule has 1 aromatic heterocycles. The molecule has 0 unspecified atom stereocenters. The van der Waals surface area contributed by atoms with E-state index in [1.165, 1.54) is 25.9 Å². The number of piperidine rings is 1. The van der Waals surface area contributed by atoms with Crippen molar-refractivity contribution in [3.05, 3.63) is 18.2 Å². The molecule has 1 aromatic rings. The summed E-state index contributed by atoms with van der Waals surface area (Å²) in [4.78, 5) is 6.58. The Hall–Kier alpha value is -0.870. The van der Waals surface area contributed by atoms with E-state index in [9.17, 15) is 0 Å². The fourth-order valence-electron chi connectivity index (χ4n) is 2.25. The van der Waals surface area contributed by atoms with Gasteiger partial charge in [0.05, 0.1) is 12.0 Å². The van der Waals surface area contributed by atoms with Crippen molar-refractivity contribution in [1.29, 1.82) is 0 Å². The Bertz CT molecular complexity index is 310. The summed E-state index contributed by atoms with van der Waals surface area (Å²) in [5.74, 6) is 0. The third-order valence-electron chi connectivity index (χ3n) is 3.24. The van der Waals surface area contributed by atoms with Gasteiger partial charge < -0.3 is 15.2 Å². The maximum Gasteiger partial charge on any atom is 0.0951 e. The molecule has 4 nitrogen and oxygen atoms in total. The molecule has 0 amide bonds. The molecule has 15 heavy (non-hydrogen) atoms. The first-order valence-electron chi connectivity index (χ1n) is 5.64. The zero-order chi connectivity index (χ0) is 10.8. The van der Waals surface area contributed by atoms with Crippen molar-refractivity contribution in [1.82, 2.24) is 14.5 Å². The normalized spacial score (nSPS) is 21.8. The van der Waals surface area contributed by atoms with E-state index in [1.807, 2.05) is 19.4 Å². The van der Waals surface area contributed by atoms with Crippen molar-refractivity contribution in [3.8, 4) is 0 Å². The molecule has 4 heteroatoms. The lowest BCUT2D eigenvalue weighted by molar-refractivity contribution is 0.218. The second kappa shape index (κ2) is 4.33. The molecule has 0 saturated carbocycles. The standard InChI is InChI=1S/C11H20N4/c1-9(12)11-7-13-8-15(11)10-3-5-14(2)6-4-10/h7-10H,3-6,12H2,1-2H3/t9-/m1/s1. The van der Waals surface area contributed by atoms with Crippen LogP contribution < -0.4 is 5.73 Å². The van der Waals surface area contributed by atoms with E-state index in [1.54, 1.807) is 0 Å². The molecular formula is C11H20N4. The molecule has 0 aromatic carbocycles. The van der Waals surface area contributed by atoms with Crippen molar-refractivity contribution in [2.24, 2.45) is 5.73 Å². The van der Waals surface area contributed by atoms with Crippen molar-refractivity contribution >= 4 is 0 Å². The average Bonchev–Trinajstić information content (AvgIpc) is 2.67. The van der Waals surface area contributed by atoms with E-state index in [0.29, 0.717) is 6.04 Å². The number of imidazole rings is 1. The predicted molar refractivity (Wildman–Crippen MR) is 60.6 cm³/mol. The van der Waals surface area contributed by atoms with E-state index in [2.05, 4.69) is 21.5 Å². The Kier molecular flexibility index (Phi) is 3.07. The minimum atomic E-state index is 0.0761. The molecule has 1 aliphatic rings. The van der Waals surface area contributed by atoms with Gasteiger partial charge in [-0.15, -0.1) is 0 Å². The van der Waals surface area contributed by atoms with Gasteiger partial charge in [0.25, 0.3) is 0 Å². The number of nitrogens with zero attached hydrogens (tertiary/aromatic N) is 3. The topological polar surface area (TPSA) is 47.1 Å². The van der Waals surface area contributed by atoms with Crippen LogP contribution in [0.4, 0.5) is 0 Å². The Labute approximate surface area is 91.1 Å². The van der Waals surface area contributed by atoms with E-state index in [-0.39, 0.29) is 6.04 Å². The highest BCUT2D eigenvalue weighted by molar-refractivity contribution is 5.05. The van der Waals surface area contributed by atoms with Crippen LogP contribution in [0.3, 0.4) is 0 Å². The highest BCUT2D eigenvalue weighted by atomic mass is 15.1. The molecule has 0 spiro atoms. The maximum absolute atomic E-state index is 5.92. The van der Waals surface area contributed by atoms with E-state index < -0.39 is 0 Å². The average molecular weight is 208 g/mol. The van der Waals surface area contributed by atoms with Gasteiger partial charge in [-0.25, -0.2) is 4.98 Å². The molecule has 2 rings (SSSR count). The van der Waals surface area contributed by atoms with Crippen LogP contribution in [-0.4, -0.2) is 34.6 Å². The van der Waals surface area contributed by atoms with Crippen LogP contribution in [0.2, 0.25) is 0 Å². The molecule has 0 bridgehead atoms. The van der Waals surface area contributed by atoms with Gasteiger partial charge in [-0.05, 0) is 39.9 Å². The number of rotatable bonds is 2. The first-order valence-corrected chi connectivity index (χ1v) is 5.64. The monoisotopic (exact) mass is 208 g/mol. The smallest absolute Gasteiger partial charge is 0.0951 e. The Morgan fingerprint density at radius 1 is 1.47 bits per heavy atom. The van der Waals surface area contributed by atoms with E-state index in [0.717, 1.165) is 5.69 Å². The molecule has 1 aliphatic heterocycles. The van der Waals surface area contributed by atoms with Gasteiger partial charge in [0.2, 0.25) is 0 Å². The SMILES string of the molecule is C[C@@H](N)c1cncn1C1CCN(C)CC1. The van der Waals surface area contributed by atoms with Gasteiger partial charge >= 0.3 is 0 Å². The molecule has 1 atom stereocenters. The largest absolute Gasteiger partial charge is 0.330 e. The quantitative estimate of drug-likeness (QED) is 0.793. The molecule has 1 saturated heterocycles. The van der Waals surface area contributed by atoms with Crippen molar-refractivity contribution in [2.75, 3.05) is 20.1 Å². The van der Waals surface area contributed by atoms with Crippen LogP contribution in [0.25, 0.3) is 0 Å². The molecular weight excluding hydrogens is 188 g/mol. The summed E-state index contributed by atoms with van der Waals surface area (Å²) in [5, 5.41) is 0. The number of likely N-dealkylation sites (tertiary alicyclic amines) is 1. The minimum absolute atomic E-state index is 0.0761. The molecule has 1 fully saturated rings. The lowest BCUT2D eigenvalue weighted by atomic mass is 10.0. The summed E-state index contributed by atoms with van der Waals surface area (Å²) in [5.41, 5.74) is 7.08. The van der Waals surface area contributed by atoms with E-state index in [4.69, 9.17) is 5.73 Å². The minimum Gasteiger partial charge on any atom is -0.330 e. The van der Waals surface area contributed by atoms with Crippen LogP contribution in [0.1, 0.15) is 37.5 Å². The van der Waals surface area contributed by atoms with Crippen LogP contribution >= 0.6 is 0 Å². The molecule has 0 aliphatic carbocycles. The fourth-order valence-corrected chi connectivity index (χ4v) is 2.25. The summed E-state index contributed by atoms with van der Waals surface area (Å²) in [6, 6.07) is 0.664. The van der Waals surface area contributed by atoms with Crippen molar-refractivity contribution in [3.63, 3.8) is 0 Å². The number of nitrogens with two attached hydrogens (primary N) is 1. The van der Waals surface area contributed by atoms with Gasteiger partial charge in [-0.2, -0.15) is 0 Å². The number of aromatic nitrogens is 2. The molecule has 2 N–H and O–H groups in total. The van der Waals surface area contributed by atoms with Gasteiger partial charge in [0.15, 0.2) is 0 Å². The molecule has 2 heterocycles. The van der Waals surface area contributed by atoms with Gasteiger partial charge in [0.1, 0.15) is 0 Å². The summed E-state index contributed by atoms with van der Waals surface area (Å²) >= 11 is 0. The third-order valence-corrected chi connectivity index (χ3v) is 3.24. The third kappa shape index (κ3) is 2.21. The zero-order valence-electron chi connectivity index (χ0n) is 9.56. The predicted octanol–water partition coefficient (Wildman–Crippen LogP) is 1.17. The molecule has 84 valence electrons. The summed E-state index contributed by atoms with van der Waals surface area (Å²) < 4.78 is 2.26. The van der Waals surface area contributed by atoms with Crippen LogP contribution in [0.15, 0.2) is 12.5 Å². The second-order valence-electron chi connectivity index (χ2n) is 4.55. The summed E-state index contributed by atoms with van der Waals surface area (Å²) in [6.45, 7) is 4.35. The lowest BCUT2D eigenvalue weighted by Crippen LogP contribution is -2.32. The maximum atomic E-state index is 5.92. The van der Waals surface area contributed by atoms with Gasteiger partial charge in [0, 0.05) is 18.3 Å². The second-order valence-corrected chi connectivity index (χ2v) is 4.55. The highest BCUT2D eigenvalue weighted by Gasteiger charge is 2.20. The van der Waals surface area contributed by atoms with Crippen molar-refractivity contribution in [2.45, 2.75) is 31.8 Å². The lowest BCUT2D eigenvalue weighted by Gasteiger charge is -2.31. The van der Waals surface area contributed by atoms with Gasteiger partial charge in [-0.3, -0.25) is 0 Å². The fraction of sp³-hybridized carbons (Fsp3) is 0.727. The van der Waals surface area contributed by atoms with Crippen LogP contribution in [0.5, 0.6) is 0 Å². The van der Waals surface area contributed by atoms with Crippen LogP contribution in [0, 0.1) is 0 Å². The van der Waals surface area contributed by atoms with Crippen molar-refractivity contribution < 1.29 is 0 Å². The molecule has 0 radical (unpaired) electrons. The highest BCUT2D eigenvalue weighted by Crippen LogP contribution is 2.24. The van der Waals surface area contributed by atoms with Crippen LogP contribution in [-0.2, 0) is 0 Å². The Morgan fingerprint density at radius 3 is 2.73 bits per heavy atom. The summed E-state index contributed by atoms with van der Waals surface area (Å²) in [6.07, 6.45) is 6.22. The number of hydrogen-bond acceptors (Lipinski definition) is 3. The van der Waals surface area contributed by atoms with Gasteiger partial charge in [-0.1, -0.05) is 0 Å². The van der Waals surface area contributed by atoms with E-state index >= 15 is 0 Å². The number of hydrogen-bond donors (Lipinski definition) is 1. The first-order chi connectivity index (χ1) is 7.18. The Balaban J connectivity index is 2.12. The first kappa shape index (κ1) is 10.6. The Morgan fingerprint density at radius 2 is 2.13 bits per heavy atom. The zero-order valence-corrected chi connectivity index (χ0v) is 9.56. The summed E-state index contributed by atoms with van der Waals surface area (Å²) in [7, 11) is 2.18.